The number of para-hydroxylation sites is 1. The zero-order chi connectivity index (χ0) is 23.5. The Balaban J connectivity index is 1.17. The van der Waals surface area contributed by atoms with Crippen LogP contribution in [0.2, 0.25) is 0 Å². The molecule has 0 bridgehead atoms. The number of fused-ring (bicyclic) bond motifs is 1. The highest BCUT2D eigenvalue weighted by molar-refractivity contribution is 7.89. The summed E-state index contributed by atoms with van der Waals surface area (Å²) in [7, 11) is -3.40. The largest absolute Gasteiger partial charge is 0.350 e. The van der Waals surface area contributed by atoms with Gasteiger partial charge in [-0.2, -0.15) is 9.40 Å². The first-order chi connectivity index (χ1) is 16.5. The summed E-state index contributed by atoms with van der Waals surface area (Å²) in [6.07, 6.45) is 5.87. The Labute approximate surface area is 200 Å². The van der Waals surface area contributed by atoms with E-state index in [9.17, 15) is 13.2 Å². The van der Waals surface area contributed by atoms with E-state index >= 15 is 0 Å². The number of carbonyl (C=O) groups is 1. The quantitative estimate of drug-likeness (QED) is 0.538. The third kappa shape index (κ3) is 4.65. The van der Waals surface area contributed by atoms with Crippen molar-refractivity contribution in [2.75, 3.05) is 13.1 Å². The van der Waals surface area contributed by atoms with Crippen molar-refractivity contribution in [2.24, 2.45) is 0 Å². The minimum atomic E-state index is -3.40. The van der Waals surface area contributed by atoms with Crippen molar-refractivity contribution in [3.05, 3.63) is 77.1 Å². The smallest absolute Gasteiger partial charge is 0.243 e. The molecule has 1 aromatic heterocycles. The van der Waals surface area contributed by atoms with E-state index in [-0.39, 0.29) is 5.91 Å². The van der Waals surface area contributed by atoms with E-state index in [1.807, 2.05) is 35.0 Å². The van der Waals surface area contributed by atoms with Crippen molar-refractivity contribution in [1.82, 2.24) is 19.4 Å². The van der Waals surface area contributed by atoms with E-state index in [1.54, 1.807) is 16.4 Å². The molecule has 5 rings (SSSR count). The number of carbonyl (C=O) groups excluding carboxylic acids is 1. The Hall–Kier alpha value is -2.97. The van der Waals surface area contributed by atoms with Crippen LogP contribution in [0.5, 0.6) is 0 Å². The van der Waals surface area contributed by atoms with Crippen LogP contribution >= 0.6 is 0 Å². The van der Waals surface area contributed by atoms with E-state index in [0.717, 1.165) is 49.0 Å². The second-order valence-electron chi connectivity index (χ2n) is 9.00. The second-order valence-corrected chi connectivity index (χ2v) is 10.9. The van der Waals surface area contributed by atoms with Crippen LogP contribution in [0.25, 0.3) is 5.69 Å². The molecule has 34 heavy (non-hydrogen) atoms. The molecule has 3 aromatic rings. The van der Waals surface area contributed by atoms with Gasteiger partial charge in [0.2, 0.25) is 15.9 Å². The standard InChI is InChI=1S/C26H30N4O3S/c31-26(16-13-20-11-14-22(15-12-20)34(32,33)29-17-4-5-18-29)27-19-24-23-9-6-10-25(23)30(28-24)21-7-2-1-3-8-21/h1-3,7-8,11-12,14-15H,4-6,9-10,13,16-19H2,(H,27,31). The van der Waals surface area contributed by atoms with Gasteiger partial charge in [-0.15, -0.1) is 0 Å². The summed E-state index contributed by atoms with van der Waals surface area (Å²) in [6.45, 7) is 1.61. The van der Waals surface area contributed by atoms with Gasteiger partial charge in [0.15, 0.2) is 0 Å². The lowest BCUT2D eigenvalue weighted by Crippen LogP contribution is -2.27. The molecule has 1 amide bonds. The molecule has 178 valence electrons. The Morgan fingerprint density at radius 1 is 0.941 bits per heavy atom. The molecule has 1 N–H and O–H groups in total. The van der Waals surface area contributed by atoms with Gasteiger partial charge >= 0.3 is 0 Å². The average Bonchev–Trinajstić information content (AvgIpc) is 3.61. The minimum Gasteiger partial charge on any atom is -0.350 e. The van der Waals surface area contributed by atoms with Gasteiger partial charge in [-0.1, -0.05) is 30.3 Å². The number of hydrogen-bond donors (Lipinski definition) is 1. The van der Waals surface area contributed by atoms with Gasteiger partial charge < -0.3 is 5.32 Å². The Bertz CT molecular complexity index is 1260. The van der Waals surface area contributed by atoms with E-state index in [4.69, 9.17) is 5.10 Å². The summed E-state index contributed by atoms with van der Waals surface area (Å²) in [5.41, 5.74) is 5.46. The predicted molar refractivity (Wildman–Crippen MR) is 130 cm³/mol. The molecular formula is C26H30N4O3S. The van der Waals surface area contributed by atoms with Crippen molar-refractivity contribution in [1.29, 1.82) is 0 Å². The first-order valence-electron chi connectivity index (χ1n) is 12.0. The van der Waals surface area contributed by atoms with Crippen LogP contribution in [0.1, 0.15) is 48.2 Å². The van der Waals surface area contributed by atoms with Crippen LogP contribution in [-0.2, 0) is 40.6 Å². The molecule has 2 aliphatic rings. The Morgan fingerprint density at radius 2 is 1.68 bits per heavy atom. The fourth-order valence-corrected chi connectivity index (χ4v) is 6.39. The van der Waals surface area contributed by atoms with E-state index in [2.05, 4.69) is 17.4 Å². The molecule has 0 spiro atoms. The van der Waals surface area contributed by atoms with Gasteiger partial charge in [0.25, 0.3) is 0 Å². The van der Waals surface area contributed by atoms with Crippen LogP contribution in [0.3, 0.4) is 0 Å². The number of aromatic nitrogens is 2. The SMILES string of the molecule is O=C(CCc1ccc(S(=O)(=O)N2CCCC2)cc1)NCc1nn(-c2ccccc2)c2c1CCC2. The monoisotopic (exact) mass is 478 g/mol. The number of nitrogens with zero attached hydrogens (tertiary/aromatic N) is 3. The summed E-state index contributed by atoms with van der Waals surface area (Å²) in [4.78, 5) is 12.8. The number of benzene rings is 2. The third-order valence-electron chi connectivity index (χ3n) is 6.73. The normalized spacial score (nSPS) is 16.0. The maximum Gasteiger partial charge on any atom is 0.243 e. The van der Waals surface area contributed by atoms with Gasteiger partial charge in [0, 0.05) is 25.2 Å². The number of hydrogen-bond acceptors (Lipinski definition) is 4. The third-order valence-corrected chi connectivity index (χ3v) is 8.65. The summed E-state index contributed by atoms with van der Waals surface area (Å²) in [5.74, 6) is -0.0326. The molecule has 1 aliphatic carbocycles. The molecule has 2 aromatic carbocycles. The molecular weight excluding hydrogens is 448 g/mol. The molecule has 0 saturated carbocycles. The average molecular weight is 479 g/mol. The Morgan fingerprint density at radius 3 is 2.41 bits per heavy atom. The fourth-order valence-electron chi connectivity index (χ4n) is 4.87. The van der Waals surface area contributed by atoms with Crippen molar-refractivity contribution in [3.8, 4) is 5.69 Å². The lowest BCUT2D eigenvalue weighted by Gasteiger charge is -2.15. The molecule has 2 heterocycles. The minimum absolute atomic E-state index is 0.0326. The fraction of sp³-hybridized carbons (Fsp3) is 0.385. The van der Waals surface area contributed by atoms with Crippen LogP contribution in [0.15, 0.2) is 59.5 Å². The molecule has 1 aliphatic heterocycles. The number of aryl methyl sites for hydroxylation is 1. The zero-order valence-electron chi connectivity index (χ0n) is 19.2. The number of rotatable bonds is 8. The van der Waals surface area contributed by atoms with E-state index < -0.39 is 10.0 Å². The van der Waals surface area contributed by atoms with Crippen LogP contribution in [0, 0.1) is 0 Å². The molecule has 8 heteroatoms. The highest BCUT2D eigenvalue weighted by Crippen LogP contribution is 2.28. The van der Waals surface area contributed by atoms with Gasteiger partial charge in [-0.3, -0.25) is 4.79 Å². The predicted octanol–water partition coefficient (Wildman–Crippen LogP) is 3.39. The van der Waals surface area contributed by atoms with Crippen LogP contribution in [-0.4, -0.2) is 41.5 Å². The van der Waals surface area contributed by atoms with Crippen molar-refractivity contribution in [2.45, 2.75) is 56.4 Å². The molecule has 0 unspecified atom stereocenters. The van der Waals surface area contributed by atoms with Crippen LogP contribution < -0.4 is 5.32 Å². The highest BCUT2D eigenvalue weighted by atomic mass is 32.2. The molecule has 1 fully saturated rings. The van der Waals surface area contributed by atoms with Gasteiger partial charge in [0.1, 0.15) is 0 Å². The number of amides is 1. The topological polar surface area (TPSA) is 84.3 Å². The molecule has 7 nitrogen and oxygen atoms in total. The summed E-state index contributed by atoms with van der Waals surface area (Å²) in [6, 6.07) is 17.0. The zero-order valence-corrected chi connectivity index (χ0v) is 20.1. The van der Waals surface area contributed by atoms with E-state index in [0.29, 0.717) is 37.4 Å². The van der Waals surface area contributed by atoms with Crippen LogP contribution in [0.4, 0.5) is 0 Å². The number of nitrogens with one attached hydrogen (secondary N) is 1. The molecule has 0 atom stereocenters. The van der Waals surface area contributed by atoms with Crippen molar-refractivity contribution in [3.63, 3.8) is 0 Å². The summed E-state index contributed by atoms with van der Waals surface area (Å²) in [5, 5.41) is 7.82. The van der Waals surface area contributed by atoms with E-state index in [1.165, 1.54) is 11.3 Å². The second kappa shape index (κ2) is 9.72. The first kappa shape index (κ1) is 22.8. The maximum atomic E-state index is 12.7. The summed E-state index contributed by atoms with van der Waals surface area (Å²) < 4.78 is 28.9. The maximum absolute atomic E-state index is 12.7. The van der Waals surface area contributed by atoms with Gasteiger partial charge in [0.05, 0.1) is 22.8 Å². The molecule has 0 radical (unpaired) electrons. The first-order valence-corrected chi connectivity index (χ1v) is 13.5. The lowest BCUT2D eigenvalue weighted by molar-refractivity contribution is -0.121. The van der Waals surface area contributed by atoms with Crippen molar-refractivity contribution >= 4 is 15.9 Å². The Kier molecular flexibility index (Phi) is 6.52. The number of sulfonamides is 1. The lowest BCUT2D eigenvalue weighted by atomic mass is 10.1. The summed E-state index contributed by atoms with van der Waals surface area (Å²) >= 11 is 0. The van der Waals surface area contributed by atoms with Gasteiger partial charge in [-0.05, 0) is 73.9 Å². The molecule has 1 saturated heterocycles. The highest BCUT2D eigenvalue weighted by Gasteiger charge is 2.27. The van der Waals surface area contributed by atoms with Gasteiger partial charge in [-0.25, -0.2) is 13.1 Å². The van der Waals surface area contributed by atoms with Crippen molar-refractivity contribution < 1.29 is 13.2 Å².